The molecule has 35 heavy (non-hydrogen) atoms. The normalized spacial score (nSPS) is 29.2. The van der Waals surface area contributed by atoms with Crippen molar-refractivity contribution >= 4 is 23.4 Å². The Morgan fingerprint density at radius 2 is 1.80 bits per heavy atom. The summed E-state index contributed by atoms with van der Waals surface area (Å²) < 4.78 is 27.2. The van der Waals surface area contributed by atoms with Gasteiger partial charge < -0.3 is 15.1 Å². The molecular weight excluding hydrogens is 454 g/mol. The quantitative estimate of drug-likeness (QED) is 0.622. The number of anilines is 1. The Hall–Kier alpha value is -2.55. The molecule has 2 aliphatic carbocycles. The summed E-state index contributed by atoms with van der Waals surface area (Å²) in [5.41, 5.74) is 2.50. The van der Waals surface area contributed by atoms with Crippen LogP contribution in [0.15, 0.2) is 18.2 Å². The molecule has 5 rings (SSSR count). The second-order valence-electron chi connectivity index (χ2n) is 10.6. The number of nitrogens with zero attached hydrogens (tertiary/aromatic N) is 2. The predicted octanol–water partition coefficient (Wildman–Crippen LogP) is 3.36. The molecule has 7 nitrogen and oxygen atoms in total. The maximum Gasteiger partial charge on any atom is 0.255 e. The van der Waals surface area contributed by atoms with Gasteiger partial charge in [0, 0.05) is 62.2 Å². The summed E-state index contributed by atoms with van der Waals surface area (Å²) in [7, 11) is 2.07. The minimum atomic E-state index is -2.52. The Morgan fingerprint density at radius 1 is 1.06 bits per heavy atom. The number of rotatable bonds is 5. The van der Waals surface area contributed by atoms with Gasteiger partial charge in [0.25, 0.3) is 5.91 Å². The van der Waals surface area contributed by atoms with Gasteiger partial charge >= 0.3 is 0 Å². The standard InChI is InChI=1S/C26H34F2N4O3/c1-31(21-5-3-2-4-20(21)29-17-10-12-26(27,28)13-11-17)18-6-7-19-16(14-18)15-32(25(19)35)22-8-9-23(33)30-24(22)34/h6-7,14,17,20-22,29H,2-5,8-13,15H2,1H3,(H,30,33,34)/t20-,21+,22?/m0/s1. The molecule has 0 aromatic heterocycles. The highest BCUT2D eigenvalue weighted by Crippen LogP contribution is 2.36. The van der Waals surface area contributed by atoms with Gasteiger partial charge in [-0.15, -0.1) is 0 Å². The first-order valence-electron chi connectivity index (χ1n) is 12.9. The molecule has 2 aliphatic heterocycles. The van der Waals surface area contributed by atoms with Crippen molar-refractivity contribution in [2.45, 2.75) is 101 Å². The minimum Gasteiger partial charge on any atom is -0.370 e. The molecule has 3 amide bonds. The van der Waals surface area contributed by atoms with Crippen LogP contribution < -0.4 is 15.5 Å². The topological polar surface area (TPSA) is 81.8 Å². The lowest BCUT2D eigenvalue weighted by atomic mass is 9.86. The molecule has 4 aliphatic rings. The molecule has 3 atom stereocenters. The Kier molecular flexibility index (Phi) is 6.55. The Balaban J connectivity index is 1.28. The van der Waals surface area contributed by atoms with Gasteiger partial charge in [-0.05, 0) is 55.9 Å². The van der Waals surface area contributed by atoms with Crippen LogP contribution in [0.1, 0.15) is 80.1 Å². The number of hydrogen-bond acceptors (Lipinski definition) is 5. The van der Waals surface area contributed by atoms with Crippen molar-refractivity contribution < 1.29 is 23.2 Å². The number of piperidine rings is 1. The fourth-order valence-electron chi connectivity index (χ4n) is 6.25. The first-order valence-corrected chi connectivity index (χ1v) is 12.9. The van der Waals surface area contributed by atoms with Crippen molar-refractivity contribution in [1.82, 2.24) is 15.5 Å². The summed E-state index contributed by atoms with van der Waals surface area (Å²) in [5.74, 6) is -3.40. The van der Waals surface area contributed by atoms with E-state index in [1.165, 1.54) is 0 Å². The lowest BCUT2D eigenvalue weighted by Gasteiger charge is -2.42. The van der Waals surface area contributed by atoms with Gasteiger partial charge in [-0.3, -0.25) is 19.7 Å². The molecule has 0 spiro atoms. The number of amides is 3. The third-order valence-corrected chi connectivity index (χ3v) is 8.31. The number of fused-ring (bicyclic) bond motifs is 1. The zero-order chi connectivity index (χ0) is 24.7. The summed E-state index contributed by atoms with van der Waals surface area (Å²) in [4.78, 5) is 40.7. The van der Waals surface area contributed by atoms with Crippen molar-refractivity contribution in [3.05, 3.63) is 29.3 Å². The summed E-state index contributed by atoms with van der Waals surface area (Å²) in [5, 5.41) is 6.05. The summed E-state index contributed by atoms with van der Waals surface area (Å²) in [6, 6.07) is 5.82. The van der Waals surface area contributed by atoms with E-state index in [1.54, 1.807) is 4.90 Å². The van der Waals surface area contributed by atoms with Crippen LogP contribution in [0.2, 0.25) is 0 Å². The molecule has 190 valence electrons. The van der Waals surface area contributed by atoms with Gasteiger partial charge in [-0.2, -0.15) is 0 Å². The second-order valence-corrected chi connectivity index (χ2v) is 10.6. The van der Waals surface area contributed by atoms with Crippen LogP contribution in [0.3, 0.4) is 0 Å². The number of carbonyl (C=O) groups excluding carboxylic acids is 3. The number of carbonyl (C=O) groups is 3. The molecule has 2 N–H and O–H groups in total. The zero-order valence-electron chi connectivity index (χ0n) is 20.2. The molecule has 1 aromatic carbocycles. The summed E-state index contributed by atoms with van der Waals surface area (Å²) in [6.45, 7) is 0.352. The van der Waals surface area contributed by atoms with Crippen LogP contribution in [0.5, 0.6) is 0 Å². The van der Waals surface area contributed by atoms with Crippen LogP contribution in [-0.2, 0) is 16.1 Å². The van der Waals surface area contributed by atoms with Crippen LogP contribution >= 0.6 is 0 Å². The highest BCUT2D eigenvalue weighted by Gasteiger charge is 2.40. The minimum absolute atomic E-state index is 0.0412. The van der Waals surface area contributed by atoms with E-state index in [4.69, 9.17) is 0 Å². The Morgan fingerprint density at radius 3 is 2.54 bits per heavy atom. The van der Waals surface area contributed by atoms with Crippen LogP contribution in [0.25, 0.3) is 0 Å². The number of likely N-dealkylation sites (N-methyl/N-ethyl adjacent to an activating group) is 1. The van der Waals surface area contributed by atoms with Gasteiger partial charge in [0.15, 0.2) is 0 Å². The molecular formula is C26H34F2N4O3. The highest BCUT2D eigenvalue weighted by atomic mass is 19.3. The second kappa shape index (κ2) is 9.48. The first kappa shape index (κ1) is 24.2. The largest absolute Gasteiger partial charge is 0.370 e. The average Bonchev–Trinajstić information content (AvgIpc) is 3.16. The molecule has 2 saturated carbocycles. The van der Waals surface area contributed by atoms with Gasteiger partial charge in [-0.25, -0.2) is 8.78 Å². The fourth-order valence-corrected chi connectivity index (χ4v) is 6.25. The third-order valence-electron chi connectivity index (χ3n) is 8.31. The first-order chi connectivity index (χ1) is 16.7. The van der Waals surface area contributed by atoms with E-state index in [2.05, 4.69) is 22.6 Å². The van der Waals surface area contributed by atoms with Crippen molar-refractivity contribution in [1.29, 1.82) is 0 Å². The van der Waals surface area contributed by atoms with Gasteiger partial charge in [0.1, 0.15) is 6.04 Å². The molecule has 1 unspecified atom stereocenters. The summed E-state index contributed by atoms with van der Waals surface area (Å²) in [6.07, 6.45) is 5.82. The molecule has 0 radical (unpaired) electrons. The lowest BCUT2D eigenvalue weighted by molar-refractivity contribution is -0.136. The van der Waals surface area contributed by atoms with Gasteiger partial charge in [-0.1, -0.05) is 12.8 Å². The molecule has 1 saturated heterocycles. The molecule has 3 fully saturated rings. The fraction of sp³-hybridized carbons (Fsp3) is 0.654. The van der Waals surface area contributed by atoms with E-state index in [-0.39, 0.29) is 49.2 Å². The maximum atomic E-state index is 13.6. The number of halogens is 2. The zero-order valence-corrected chi connectivity index (χ0v) is 20.2. The van der Waals surface area contributed by atoms with Crippen LogP contribution in [-0.4, -0.2) is 59.8 Å². The van der Waals surface area contributed by atoms with Crippen molar-refractivity contribution in [2.75, 3.05) is 11.9 Å². The Labute approximate surface area is 204 Å². The van der Waals surface area contributed by atoms with Gasteiger partial charge in [0.05, 0.1) is 0 Å². The predicted molar refractivity (Wildman–Crippen MR) is 127 cm³/mol. The number of hydrogen-bond donors (Lipinski definition) is 2. The van der Waals surface area contributed by atoms with E-state index in [1.807, 2.05) is 18.2 Å². The van der Waals surface area contributed by atoms with Crippen LogP contribution in [0.4, 0.5) is 14.5 Å². The van der Waals surface area contributed by atoms with Crippen molar-refractivity contribution in [2.24, 2.45) is 0 Å². The number of nitrogens with one attached hydrogen (secondary N) is 2. The van der Waals surface area contributed by atoms with Crippen molar-refractivity contribution in [3.63, 3.8) is 0 Å². The molecule has 9 heteroatoms. The maximum absolute atomic E-state index is 13.6. The van der Waals surface area contributed by atoms with Crippen LogP contribution in [0, 0.1) is 0 Å². The number of alkyl halides is 2. The molecule has 1 aromatic rings. The smallest absolute Gasteiger partial charge is 0.255 e. The number of imide groups is 1. The number of benzene rings is 1. The monoisotopic (exact) mass is 488 g/mol. The van der Waals surface area contributed by atoms with Gasteiger partial charge in [0.2, 0.25) is 17.7 Å². The van der Waals surface area contributed by atoms with Crippen molar-refractivity contribution in [3.8, 4) is 0 Å². The SMILES string of the molecule is CN(c1ccc2c(c1)CN(C1CCC(=O)NC1=O)C2=O)[C@@H]1CCCC[C@@H]1NC1CCC(F)(F)CC1. The van der Waals surface area contributed by atoms with E-state index in [9.17, 15) is 23.2 Å². The average molecular weight is 489 g/mol. The molecule has 0 bridgehead atoms. The van der Waals surface area contributed by atoms with E-state index >= 15 is 0 Å². The third kappa shape index (κ3) is 4.92. The molecule has 2 heterocycles. The lowest BCUT2D eigenvalue weighted by Crippen LogP contribution is -2.54. The Bertz CT molecular complexity index is 1010. The van der Waals surface area contributed by atoms with E-state index in [0.29, 0.717) is 31.4 Å². The van der Waals surface area contributed by atoms with E-state index < -0.39 is 17.9 Å². The summed E-state index contributed by atoms with van der Waals surface area (Å²) >= 11 is 0. The van der Waals surface area contributed by atoms with E-state index in [0.717, 1.165) is 36.9 Å². The highest BCUT2D eigenvalue weighted by molar-refractivity contribution is 6.05.